The maximum Gasteiger partial charge on any atom is 0.231 e. The summed E-state index contributed by atoms with van der Waals surface area (Å²) in [5, 5.41) is 5.61. The molecule has 1 atom stereocenters. The van der Waals surface area contributed by atoms with Crippen molar-refractivity contribution in [1.82, 2.24) is 14.5 Å². The van der Waals surface area contributed by atoms with Crippen LogP contribution in [0.15, 0.2) is 42.0 Å². The maximum atomic E-state index is 12.5. The average molecular weight is 338 g/mol. The summed E-state index contributed by atoms with van der Waals surface area (Å²) < 4.78 is 2.06. The summed E-state index contributed by atoms with van der Waals surface area (Å²) in [5.74, 6) is 1.08. The molecule has 0 bridgehead atoms. The summed E-state index contributed by atoms with van der Waals surface area (Å²) in [6, 6.07) is 8.24. The molecular formula is C18H18N4OS. The molecule has 6 heteroatoms. The Morgan fingerprint density at radius 1 is 1.33 bits per heavy atom. The third-order valence-corrected chi connectivity index (χ3v) is 5.15. The zero-order valence-electron chi connectivity index (χ0n) is 13.4. The van der Waals surface area contributed by atoms with Crippen molar-refractivity contribution in [2.45, 2.75) is 26.3 Å². The van der Waals surface area contributed by atoms with Gasteiger partial charge in [-0.05, 0) is 13.3 Å². The topological polar surface area (TPSA) is 59.8 Å². The fraction of sp³-hybridized carbons (Fsp3) is 0.278. The molecule has 2 aromatic heterocycles. The molecule has 4 rings (SSSR count). The molecule has 122 valence electrons. The molecule has 24 heavy (non-hydrogen) atoms. The highest BCUT2D eigenvalue weighted by Gasteiger charge is 2.25. The van der Waals surface area contributed by atoms with Gasteiger partial charge in [0.2, 0.25) is 5.91 Å². The van der Waals surface area contributed by atoms with Crippen LogP contribution in [-0.4, -0.2) is 20.4 Å². The summed E-state index contributed by atoms with van der Waals surface area (Å²) in [4.78, 5) is 21.4. The predicted octanol–water partition coefficient (Wildman–Crippen LogP) is 3.52. The van der Waals surface area contributed by atoms with E-state index in [1.807, 2.05) is 11.6 Å². The van der Waals surface area contributed by atoms with Crippen LogP contribution >= 0.6 is 11.3 Å². The van der Waals surface area contributed by atoms with Crippen LogP contribution in [0, 0.1) is 12.8 Å². The highest BCUT2D eigenvalue weighted by molar-refractivity contribution is 7.14. The molecular weight excluding hydrogens is 320 g/mol. The van der Waals surface area contributed by atoms with E-state index in [9.17, 15) is 4.79 Å². The SMILES string of the molecule is Cc1ccc(-c2csc(NC(=O)C3CCc4nccn4C3)n2)cc1. The van der Waals surface area contributed by atoms with Crippen LogP contribution in [0.25, 0.3) is 11.3 Å². The number of hydrogen-bond acceptors (Lipinski definition) is 4. The second-order valence-electron chi connectivity index (χ2n) is 6.12. The molecule has 1 aliphatic heterocycles. The first-order valence-electron chi connectivity index (χ1n) is 8.02. The van der Waals surface area contributed by atoms with E-state index in [-0.39, 0.29) is 11.8 Å². The Hall–Kier alpha value is -2.47. The van der Waals surface area contributed by atoms with Gasteiger partial charge in [-0.1, -0.05) is 29.8 Å². The summed E-state index contributed by atoms with van der Waals surface area (Å²) in [6.07, 6.45) is 5.41. The van der Waals surface area contributed by atoms with E-state index in [4.69, 9.17) is 0 Å². The van der Waals surface area contributed by atoms with Crippen molar-refractivity contribution in [2.75, 3.05) is 5.32 Å². The van der Waals surface area contributed by atoms with Gasteiger partial charge >= 0.3 is 0 Å². The third-order valence-electron chi connectivity index (χ3n) is 4.39. The van der Waals surface area contributed by atoms with Gasteiger partial charge in [0.05, 0.1) is 11.6 Å². The number of benzene rings is 1. The van der Waals surface area contributed by atoms with Gasteiger partial charge in [-0.3, -0.25) is 4.79 Å². The number of fused-ring (bicyclic) bond motifs is 1. The largest absolute Gasteiger partial charge is 0.334 e. The molecule has 3 aromatic rings. The van der Waals surface area contributed by atoms with Crippen LogP contribution in [0.1, 0.15) is 17.8 Å². The van der Waals surface area contributed by atoms with Crippen LogP contribution in [0.2, 0.25) is 0 Å². The number of nitrogens with one attached hydrogen (secondary N) is 1. The number of thiazole rings is 1. The van der Waals surface area contributed by atoms with E-state index in [2.05, 4.69) is 51.0 Å². The molecule has 1 aliphatic rings. The van der Waals surface area contributed by atoms with Crippen molar-refractivity contribution in [3.05, 3.63) is 53.4 Å². The molecule has 3 heterocycles. The van der Waals surface area contributed by atoms with Gasteiger partial charge in [-0.15, -0.1) is 11.3 Å². The van der Waals surface area contributed by atoms with Crippen LogP contribution in [0.3, 0.4) is 0 Å². The van der Waals surface area contributed by atoms with Gasteiger partial charge in [-0.2, -0.15) is 0 Å². The number of imidazole rings is 1. The minimum Gasteiger partial charge on any atom is -0.334 e. The Labute approximate surface area is 144 Å². The zero-order valence-corrected chi connectivity index (χ0v) is 14.2. The molecule has 0 fully saturated rings. The fourth-order valence-electron chi connectivity index (χ4n) is 2.98. The molecule has 0 aliphatic carbocycles. The highest BCUT2D eigenvalue weighted by atomic mass is 32.1. The standard InChI is InChI=1S/C18H18N4OS/c1-12-2-4-13(5-3-12)15-11-24-18(20-15)21-17(23)14-6-7-16-19-8-9-22(16)10-14/h2-5,8-9,11,14H,6-7,10H2,1H3,(H,20,21,23). The number of hydrogen-bond donors (Lipinski definition) is 1. The summed E-state index contributed by atoms with van der Waals surface area (Å²) in [7, 11) is 0. The number of aryl methyl sites for hydroxylation is 2. The lowest BCUT2D eigenvalue weighted by atomic mass is 9.99. The van der Waals surface area contributed by atoms with Crippen molar-refractivity contribution in [2.24, 2.45) is 5.92 Å². The number of aromatic nitrogens is 3. The second-order valence-corrected chi connectivity index (χ2v) is 6.98. The van der Waals surface area contributed by atoms with E-state index < -0.39 is 0 Å². The Morgan fingerprint density at radius 2 is 2.17 bits per heavy atom. The highest BCUT2D eigenvalue weighted by Crippen LogP contribution is 2.26. The first-order valence-corrected chi connectivity index (χ1v) is 8.90. The Bertz CT molecular complexity index is 865. The molecule has 1 amide bonds. The average Bonchev–Trinajstić information content (AvgIpc) is 3.24. The second kappa shape index (κ2) is 6.20. The number of amides is 1. The van der Waals surface area contributed by atoms with Gasteiger partial charge in [0.15, 0.2) is 5.13 Å². The number of carbonyl (C=O) groups is 1. The first-order chi connectivity index (χ1) is 11.7. The van der Waals surface area contributed by atoms with Gasteiger partial charge < -0.3 is 9.88 Å². The predicted molar refractivity (Wildman–Crippen MR) is 95.0 cm³/mol. The third kappa shape index (κ3) is 2.97. The summed E-state index contributed by atoms with van der Waals surface area (Å²) in [5.41, 5.74) is 3.19. The minimum absolute atomic E-state index is 0.0292. The Kier molecular flexibility index (Phi) is 3.90. The molecule has 1 unspecified atom stereocenters. The van der Waals surface area contributed by atoms with E-state index in [1.54, 1.807) is 6.20 Å². The van der Waals surface area contributed by atoms with Crippen LogP contribution in [-0.2, 0) is 17.8 Å². The lowest BCUT2D eigenvalue weighted by Gasteiger charge is -2.22. The molecule has 0 radical (unpaired) electrons. The number of anilines is 1. The smallest absolute Gasteiger partial charge is 0.231 e. The van der Waals surface area contributed by atoms with Crippen molar-refractivity contribution >= 4 is 22.4 Å². The Balaban J connectivity index is 1.44. The van der Waals surface area contributed by atoms with Crippen molar-refractivity contribution < 1.29 is 4.79 Å². The van der Waals surface area contributed by atoms with E-state index in [1.165, 1.54) is 16.9 Å². The quantitative estimate of drug-likeness (QED) is 0.795. The summed E-state index contributed by atoms with van der Waals surface area (Å²) in [6.45, 7) is 2.75. The van der Waals surface area contributed by atoms with Crippen LogP contribution < -0.4 is 5.32 Å². The van der Waals surface area contributed by atoms with Gasteiger partial charge in [0.25, 0.3) is 0 Å². The lowest BCUT2D eigenvalue weighted by Crippen LogP contribution is -2.31. The molecule has 1 aromatic carbocycles. The molecule has 1 N–H and O–H groups in total. The molecule has 0 saturated heterocycles. The van der Waals surface area contributed by atoms with Crippen LogP contribution in [0.5, 0.6) is 0 Å². The number of nitrogens with zero attached hydrogens (tertiary/aromatic N) is 3. The monoisotopic (exact) mass is 338 g/mol. The van der Waals surface area contributed by atoms with Crippen LogP contribution in [0.4, 0.5) is 5.13 Å². The molecule has 0 spiro atoms. The Morgan fingerprint density at radius 3 is 3.00 bits per heavy atom. The zero-order chi connectivity index (χ0) is 16.5. The van der Waals surface area contributed by atoms with Gasteiger partial charge in [0.1, 0.15) is 5.82 Å². The number of rotatable bonds is 3. The first kappa shape index (κ1) is 15.1. The van der Waals surface area contributed by atoms with E-state index in [0.29, 0.717) is 11.7 Å². The number of carbonyl (C=O) groups excluding carboxylic acids is 1. The van der Waals surface area contributed by atoms with Crippen molar-refractivity contribution in [3.63, 3.8) is 0 Å². The lowest BCUT2D eigenvalue weighted by molar-refractivity contribution is -0.120. The van der Waals surface area contributed by atoms with E-state index >= 15 is 0 Å². The van der Waals surface area contributed by atoms with Crippen molar-refractivity contribution in [1.29, 1.82) is 0 Å². The molecule has 0 saturated carbocycles. The van der Waals surface area contributed by atoms with E-state index in [0.717, 1.165) is 29.9 Å². The van der Waals surface area contributed by atoms with Gasteiger partial charge in [0, 0.05) is 36.3 Å². The fourth-order valence-corrected chi connectivity index (χ4v) is 3.70. The summed E-state index contributed by atoms with van der Waals surface area (Å²) >= 11 is 1.47. The van der Waals surface area contributed by atoms with Crippen molar-refractivity contribution in [3.8, 4) is 11.3 Å². The normalized spacial score (nSPS) is 16.6. The van der Waals surface area contributed by atoms with Gasteiger partial charge in [-0.25, -0.2) is 9.97 Å². The maximum absolute atomic E-state index is 12.5. The molecule has 5 nitrogen and oxygen atoms in total. The minimum atomic E-state index is -0.0292.